The van der Waals surface area contributed by atoms with Gasteiger partial charge in [0.15, 0.2) is 0 Å². The maximum atomic E-state index is 11.4. The van der Waals surface area contributed by atoms with E-state index in [2.05, 4.69) is 40.3 Å². The quantitative estimate of drug-likeness (QED) is 0.435. The number of esters is 1. The van der Waals surface area contributed by atoms with Crippen LogP contribution >= 0.6 is 0 Å². The SMILES string of the molecule is C=CC(=O)Oc1ccc2c(c1)n1n(C3=CC(C)CC(C(C)(C)C)=C3O)n21. The summed E-state index contributed by atoms with van der Waals surface area (Å²) in [5.74, 6) is 0.697. The summed E-state index contributed by atoms with van der Waals surface area (Å²) in [4.78, 5) is 13.3. The lowest BCUT2D eigenvalue weighted by Gasteiger charge is -2.29. The number of aliphatic hydroxyl groups is 1. The fourth-order valence-corrected chi connectivity index (χ4v) is 3.55. The minimum Gasteiger partial charge on any atom is -0.506 e. The fraction of sp³-hybridized carbons (Fsp3) is 0.350. The lowest BCUT2D eigenvalue weighted by Crippen LogP contribution is -2.19. The van der Waals surface area contributed by atoms with Crippen LogP contribution in [0.2, 0.25) is 0 Å². The van der Waals surface area contributed by atoms with Crippen LogP contribution in [0, 0.1) is 11.3 Å². The highest BCUT2D eigenvalue weighted by atomic mass is 16.5. The molecule has 0 saturated heterocycles. The molecule has 0 spiro atoms. The van der Waals surface area contributed by atoms with Crippen molar-refractivity contribution in [2.75, 3.05) is 0 Å². The first-order chi connectivity index (χ1) is 12.2. The molecule has 2 aromatic heterocycles. The summed E-state index contributed by atoms with van der Waals surface area (Å²) in [5.41, 5.74) is 3.72. The van der Waals surface area contributed by atoms with Crippen LogP contribution in [0.4, 0.5) is 0 Å². The zero-order chi connectivity index (χ0) is 18.8. The highest BCUT2D eigenvalue weighted by Crippen LogP contribution is 2.41. The van der Waals surface area contributed by atoms with Crippen molar-refractivity contribution in [3.8, 4) is 5.75 Å². The molecule has 136 valence electrons. The first-order valence-electron chi connectivity index (χ1n) is 8.75. The third kappa shape index (κ3) is 2.36. The molecule has 0 bridgehead atoms. The first-order valence-corrected chi connectivity index (χ1v) is 8.75. The van der Waals surface area contributed by atoms with Gasteiger partial charge >= 0.3 is 5.97 Å². The minimum atomic E-state index is -0.483. The number of aliphatic hydroxyl groups excluding tert-OH is 1. The van der Waals surface area contributed by atoms with Gasteiger partial charge in [-0.1, -0.05) is 34.3 Å². The van der Waals surface area contributed by atoms with Crippen LogP contribution in [0.3, 0.4) is 0 Å². The molecule has 0 amide bonds. The topological polar surface area (TPSA) is 60.3 Å². The summed E-state index contributed by atoms with van der Waals surface area (Å²) >= 11 is 0. The van der Waals surface area contributed by atoms with Gasteiger partial charge in [0.25, 0.3) is 0 Å². The number of carbonyl (C=O) groups is 1. The second-order valence-electron chi connectivity index (χ2n) is 7.95. The van der Waals surface area contributed by atoms with Crippen molar-refractivity contribution >= 4 is 22.7 Å². The predicted molar refractivity (Wildman–Crippen MR) is 101 cm³/mol. The number of hydrogen-bond acceptors (Lipinski definition) is 3. The number of aromatic nitrogens is 3. The molecule has 3 aromatic rings. The highest BCUT2D eigenvalue weighted by Gasteiger charge is 2.34. The molecule has 1 unspecified atom stereocenters. The van der Waals surface area contributed by atoms with Crippen molar-refractivity contribution in [2.45, 2.75) is 34.1 Å². The molecular formula is C20H23N3O3. The van der Waals surface area contributed by atoms with Crippen LogP contribution in [-0.4, -0.2) is 25.1 Å². The lowest BCUT2D eigenvalue weighted by molar-refractivity contribution is -0.128. The number of rotatable bonds is 3. The van der Waals surface area contributed by atoms with Crippen molar-refractivity contribution in [3.63, 3.8) is 0 Å². The number of benzene rings is 1. The predicted octanol–water partition coefficient (Wildman–Crippen LogP) is 4.26. The maximum absolute atomic E-state index is 11.4. The molecule has 1 aliphatic rings. The van der Waals surface area contributed by atoms with Crippen LogP contribution < -0.4 is 4.74 Å². The van der Waals surface area contributed by atoms with Crippen molar-refractivity contribution < 1.29 is 14.6 Å². The third-order valence-corrected chi connectivity index (χ3v) is 4.89. The molecule has 1 aromatic carbocycles. The summed E-state index contributed by atoms with van der Waals surface area (Å²) < 4.78 is 9.11. The summed E-state index contributed by atoms with van der Waals surface area (Å²) in [6, 6.07) is 5.46. The Bertz CT molecular complexity index is 1080. The Morgan fingerprint density at radius 2 is 2.00 bits per heavy atom. The van der Waals surface area contributed by atoms with Crippen molar-refractivity contribution in [1.29, 1.82) is 0 Å². The number of allylic oxidation sites excluding steroid dienone is 3. The third-order valence-electron chi connectivity index (χ3n) is 4.89. The Hall–Kier alpha value is -2.89. The van der Waals surface area contributed by atoms with E-state index in [9.17, 15) is 9.90 Å². The van der Waals surface area contributed by atoms with Crippen molar-refractivity contribution in [3.05, 3.63) is 48.3 Å². The average Bonchev–Trinajstić information content (AvgIpc) is 3.22. The number of carbonyl (C=O) groups excluding carboxylic acids is 1. The number of hydrogen-bond donors (Lipinski definition) is 1. The van der Waals surface area contributed by atoms with Gasteiger partial charge in [0.2, 0.25) is 0 Å². The monoisotopic (exact) mass is 353 g/mol. The Kier molecular flexibility index (Phi) is 3.38. The highest BCUT2D eigenvalue weighted by molar-refractivity contribution is 5.86. The van der Waals surface area contributed by atoms with Gasteiger partial charge in [-0.3, -0.25) is 0 Å². The minimum absolute atomic E-state index is 0.0868. The van der Waals surface area contributed by atoms with E-state index in [0.29, 0.717) is 17.4 Å². The van der Waals surface area contributed by atoms with Crippen molar-refractivity contribution in [2.24, 2.45) is 11.3 Å². The fourth-order valence-electron chi connectivity index (χ4n) is 3.55. The van der Waals surface area contributed by atoms with Gasteiger partial charge in [0.1, 0.15) is 28.2 Å². The number of ether oxygens (including phenoxy) is 1. The zero-order valence-electron chi connectivity index (χ0n) is 15.5. The molecule has 0 radical (unpaired) electrons. The van der Waals surface area contributed by atoms with Crippen LogP contribution in [0.25, 0.3) is 16.7 Å². The van der Waals surface area contributed by atoms with Crippen LogP contribution in [0.1, 0.15) is 34.1 Å². The van der Waals surface area contributed by atoms with Gasteiger partial charge in [-0.15, -0.1) is 14.1 Å². The molecule has 6 heteroatoms. The zero-order valence-corrected chi connectivity index (χ0v) is 15.5. The largest absolute Gasteiger partial charge is 0.506 e. The average molecular weight is 353 g/mol. The van der Waals surface area contributed by atoms with Gasteiger partial charge in [0, 0.05) is 12.1 Å². The lowest BCUT2D eigenvalue weighted by atomic mass is 9.77. The molecule has 6 nitrogen and oxygen atoms in total. The first kappa shape index (κ1) is 16.6. The Morgan fingerprint density at radius 1 is 1.31 bits per heavy atom. The normalized spacial score (nSPS) is 18.8. The molecule has 26 heavy (non-hydrogen) atoms. The van der Waals surface area contributed by atoms with E-state index in [1.54, 1.807) is 6.07 Å². The standard InChI is InChI=1S/C20H23N3O3/c1-6-18(24)26-13-7-8-15-16(11-13)22-21(15)23(22)17-10-12(2)9-14(19(17)25)20(3,4)5/h6-8,10-12,25H,1,9H2,2-5H3. The van der Waals surface area contributed by atoms with Crippen LogP contribution in [-0.2, 0) is 4.79 Å². The van der Waals surface area contributed by atoms with Crippen molar-refractivity contribution in [1.82, 2.24) is 14.1 Å². The van der Waals surface area contributed by atoms with Gasteiger partial charge in [-0.2, -0.15) is 0 Å². The van der Waals surface area contributed by atoms with Gasteiger partial charge in [-0.05, 0) is 41.5 Å². The smallest absolute Gasteiger partial charge is 0.335 e. The Labute approximate surface area is 151 Å². The van der Waals surface area contributed by atoms with E-state index >= 15 is 0 Å². The molecule has 4 rings (SSSR count). The number of fused-ring (bicyclic) bond motifs is 4. The molecular weight excluding hydrogens is 330 g/mol. The molecule has 2 heterocycles. The molecule has 0 aliphatic heterocycles. The second kappa shape index (κ2) is 5.30. The summed E-state index contributed by atoms with van der Waals surface area (Å²) in [6.45, 7) is 11.9. The Morgan fingerprint density at radius 3 is 2.65 bits per heavy atom. The number of nitrogens with zero attached hydrogens (tertiary/aromatic N) is 3. The van der Waals surface area contributed by atoms with E-state index in [1.165, 1.54) is 0 Å². The van der Waals surface area contributed by atoms with E-state index < -0.39 is 5.97 Å². The van der Waals surface area contributed by atoms with Gasteiger partial charge < -0.3 is 9.84 Å². The van der Waals surface area contributed by atoms with Crippen LogP contribution in [0.5, 0.6) is 5.75 Å². The maximum Gasteiger partial charge on any atom is 0.335 e. The Balaban J connectivity index is 1.76. The van der Waals surface area contributed by atoms with E-state index in [-0.39, 0.29) is 5.41 Å². The molecule has 1 N–H and O–H groups in total. The molecule has 1 aliphatic carbocycles. The molecule has 0 saturated carbocycles. The summed E-state index contributed by atoms with van der Waals surface area (Å²) in [6.07, 6.45) is 4.10. The second-order valence-corrected chi connectivity index (χ2v) is 7.95. The summed E-state index contributed by atoms with van der Waals surface area (Å²) in [5, 5.41) is 10.9. The van der Waals surface area contributed by atoms with Gasteiger partial charge in [-0.25, -0.2) is 4.79 Å². The van der Waals surface area contributed by atoms with E-state index in [0.717, 1.165) is 34.8 Å². The van der Waals surface area contributed by atoms with E-state index in [1.807, 2.05) is 26.2 Å². The molecule has 0 fully saturated rings. The summed E-state index contributed by atoms with van der Waals surface area (Å²) in [7, 11) is 0. The molecule has 1 atom stereocenters. The van der Waals surface area contributed by atoms with E-state index in [4.69, 9.17) is 4.74 Å². The van der Waals surface area contributed by atoms with Gasteiger partial charge in [0.05, 0.1) is 0 Å². The van der Waals surface area contributed by atoms with Crippen LogP contribution in [0.15, 0.2) is 48.3 Å².